The first-order chi connectivity index (χ1) is 15.2. The van der Waals surface area contributed by atoms with Gasteiger partial charge in [0.05, 0.1) is 16.8 Å². The molecule has 0 aliphatic heterocycles. The van der Waals surface area contributed by atoms with Gasteiger partial charge in [-0.1, -0.05) is 35.6 Å². The van der Waals surface area contributed by atoms with E-state index in [1.807, 2.05) is 24.4 Å². The number of carbonyl (C=O) groups excluding carboxylic acids is 1. The molecule has 0 unspecified atom stereocenters. The lowest BCUT2D eigenvalue weighted by molar-refractivity contribution is 0.0827. The van der Waals surface area contributed by atoms with E-state index in [2.05, 4.69) is 15.4 Å². The highest BCUT2D eigenvalue weighted by molar-refractivity contribution is 7.89. The van der Waals surface area contributed by atoms with Gasteiger partial charge in [0, 0.05) is 31.8 Å². The molecule has 0 fully saturated rings. The van der Waals surface area contributed by atoms with E-state index in [4.69, 9.17) is 5.14 Å². The van der Waals surface area contributed by atoms with Crippen LogP contribution in [-0.4, -0.2) is 54.5 Å². The van der Waals surface area contributed by atoms with Gasteiger partial charge in [0.2, 0.25) is 20.1 Å². The molecule has 3 N–H and O–H groups in total. The number of rotatable bonds is 7. The fraction of sp³-hybridized carbons (Fsp3) is 0.190. The standard InChI is InChI=1S/C21H22N6O3S2/c1-26(2)19(28)16-5-3-4-15(12-16)18-13-27-21(24-18)31-20(25-27)23-11-10-14-6-8-17(9-7-14)32(22,29)30/h3-9,12-13H,10-11H2,1-2H3,(H,23,25)(H2,22,29,30). The number of amides is 1. The zero-order chi connectivity index (χ0) is 22.9. The van der Waals surface area contributed by atoms with Crippen molar-refractivity contribution in [2.75, 3.05) is 26.0 Å². The fourth-order valence-corrected chi connectivity index (χ4v) is 4.46. The molecule has 0 aliphatic rings. The van der Waals surface area contributed by atoms with Crippen LogP contribution in [0.5, 0.6) is 0 Å². The number of carbonyl (C=O) groups is 1. The van der Waals surface area contributed by atoms with Crippen LogP contribution in [0.2, 0.25) is 0 Å². The number of aromatic nitrogens is 3. The first-order valence-corrected chi connectivity index (χ1v) is 12.1. The van der Waals surface area contributed by atoms with Gasteiger partial charge in [-0.05, 0) is 36.2 Å². The molecule has 0 saturated carbocycles. The zero-order valence-electron chi connectivity index (χ0n) is 17.5. The van der Waals surface area contributed by atoms with E-state index in [-0.39, 0.29) is 10.8 Å². The van der Waals surface area contributed by atoms with Gasteiger partial charge in [0.15, 0.2) is 0 Å². The maximum atomic E-state index is 12.2. The van der Waals surface area contributed by atoms with Crippen molar-refractivity contribution in [2.24, 2.45) is 5.14 Å². The smallest absolute Gasteiger partial charge is 0.253 e. The second-order valence-electron chi connectivity index (χ2n) is 7.41. The van der Waals surface area contributed by atoms with Crippen LogP contribution in [0.25, 0.3) is 16.2 Å². The number of nitrogens with zero attached hydrogens (tertiary/aromatic N) is 4. The van der Waals surface area contributed by atoms with Crippen molar-refractivity contribution in [3.05, 3.63) is 65.9 Å². The Hall–Kier alpha value is -3.28. The van der Waals surface area contributed by atoms with E-state index >= 15 is 0 Å². The quantitative estimate of drug-likeness (QED) is 0.428. The zero-order valence-corrected chi connectivity index (χ0v) is 19.2. The molecule has 2 heterocycles. The van der Waals surface area contributed by atoms with Crippen molar-refractivity contribution in [1.29, 1.82) is 0 Å². The summed E-state index contributed by atoms with van der Waals surface area (Å²) in [4.78, 5) is 19.2. The first kappa shape index (κ1) is 21.9. The Kier molecular flexibility index (Phi) is 5.96. The van der Waals surface area contributed by atoms with Crippen molar-refractivity contribution in [1.82, 2.24) is 19.5 Å². The van der Waals surface area contributed by atoms with Crippen LogP contribution in [0.3, 0.4) is 0 Å². The number of sulfonamides is 1. The summed E-state index contributed by atoms with van der Waals surface area (Å²) >= 11 is 1.43. The van der Waals surface area contributed by atoms with Crippen molar-refractivity contribution in [3.8, 4) is 11.3 Å². The third-order valence-electron chi connectivity index (χ3n) is 4.80. The Morgan fingerprint density at radius 3 is 2.59 bits per heavy atom. The second-order valence-corrected chi connectivity index (χ2v) is 9.92. The van der Waals surface area contributed by atoms with Crippen molar-refractivity contribution >= 4 is 37.4 Å². The van der Waals surface area contributed by atoms with Gasteiger partial charge in [-0.25, -0.2) is 23.1 Å². The van der Waals surface area contributed by atoms with E-state index in [0.717, 1.165) is 26.9 Å². The van der Waals surface area contributed by atoms with Gasteiger partial charge in [-0.15, -0.1) is 5.10 Å². The van der Waals surface area contributed by atoms with Gasteiger partial charge in [0.1, 0.15) is 0 Å². The number of nitrogens with two attached hydrogens (primary N) is 1. The van der Waals surface area contributed by atoms with Gasteiger partial charge >= 0.3 is 0 Å². The summed E-state index contributed by atoms with van der Waals surface area (Å²) in [5.74, 6) is -0.0585. The SMILES string of the molecule is CN(C)C(=O)c1cccc(-c2cn3nc(NCCc4ccc(S(N)(=O)=O)cc4)sc3n2)c1. The Labute approximate surface area is 189 Å². The van der Waals surface area contributed by atoms with E-state index in [1.54, 1.807) is 41.7 Å². The van der Waals surface area contributed by atoms with Crippen LogP contribution in [0.1, 0.15) is 15.9 Å². The molecule has 32 heavy (non-hydrogen) atoms. The lowest BCUT2D eigenvalue weighted by Crippen LogP contribution is -2.21. The average Bonchev–Trinajstić information content (AvgIpc) is 3.32. The Balaban J connectivity index is 1.41. The minimum Gasteiger partial charge on any atom is -0.360 e. The van der Waals surface area contributed by atoms with Crippen LogP contribution < -0.4 is 10.5 Å². The molecule has 4 aromatic rings. The van der Waals surface area contributed by atoms with Crippen molar-refractivity contribution < 1.29 is 13.2 Å². The summed E-state index contributed by atoms with van der Waals surface area (Å²) in [6.45, 7) is 0.632. The summed E-state index contributed by atoms with van der Waals surface area (Å²) in [6.07, 6.45) is 2.53. The molecule has 0 bridgehead atoms. The van der Waals surface area contributed by atoms with Crippen LogP contribution in [-0.2, 0) is 16.4 Å². The normalized spacial score (nSPS) is 11.6. The Bertz CT molecular complexity index is 1340. The first-order valence-electron chi connectivity index (χ1n) is 9.74. The molecule has 9 nitrogen and oxygen atoms in total. The largest absolute Gasteiger partial charge is 0.360 e. The molecule has 4 rings (SSSR count). The highest BCUT2D eigenvalue weighted by Crippen LogP contribution is 2.25. The van der Waals surface area contributed by atoms with E-state index < -0.39 is 10.0 Å². The molecule has 166 valence electrons. The summed E-state index contributed by atoms with van der Waals surface area (Å²) in [6, 6.07) is 13.9. The maximum Gasteiger partial charge on any atom is 0.253 e. The highest BCUT2D eigenvalue weighted by Gasteiger charge is 2.13. The number of imidazole rings is 1. The molecule has 0 radical (unpaired) electrons. The number of hydrogen-bond acceptors (Lipinski definition) is 7. The number of primary sulfonamides is 1. The monoisotopic (exact) mass is 470 g/mol. The molecule has 11 heteroatoms. The van der Waals surface area contributed by atoms with Crippen molar-refractivity contribution in [3.63, 3.8) is 0 Å². The lowest BCUT2D eigenvalue weighted by atomic mass is 10.1. The van der Waals surface area contributed by atoms with Crippen LogP contribution in [0.15, 0.2) is 59.6 Å². The third-order valence-corrected chi connectivity index (χ3v) is 6.61. The molecule has 1 amide bonds. The van der Waals surface area contributed by atoms with Crippen LogP contribution >= 0.6 is 11.3 Å². The third kappa shape index (κ3) is 4.79. The molecule has 0 saturated heterocycles. The predicted octanol–water partition coefficient (Wildman–Crippen LogP) is 2.46. The van der Waals surface area contributed by atoms with Gasteiger partial charge in [-0.2, -0.15) is 0 Å². The minimum atomic E-state index is -3.68. The van der Waals surface area contributed by atoms with Gasteiger partial charge in [0.25, 0.3) is 5.91 Å². The Morgan fingerprint density at radius 1 is 1.19 bits per heavy atom. The summed E-state index contributed by atoms with van der Waals surface area (Å²) in [5, 5.41) is 13.6. The number of fused-ring (bicyclic) bond motifs is 1. The second kappa shape index (κ2) is 8.69. The van der Waals surface area contributed by atoms with Crippen LogP contribution in [0.4, 0.5) is 5.13 Å². The predicted molar refractivity (Wildman–Crippen MR) is 124 cm³/mol. The summed E-state index contributed by atoms with van der Waals surface area (Å²) < 4.78 is 24.4. The molecule has 0 aliphatic carbocycles. The van der Waals surface area contributed by atoms with Crippen LogP contribution in [0, 0.1) is 0 Å². The molecular weight excluding hydrogens is 448 g/mol. The van der Waals surface area contributed by atoms with Gasteiger partial charge < -0.3 is 10.2 Å². The van der Waals surface area contributed by atoms with Gasteiger partial charge in [-0.3, -0.25) is 4.79 Å². The molecule has 2 aromatic heterocycles. The van der Waals surface area contributed by atoms with E-state index in [0.29, 0.717) is 18.5 Å². The van der Waals surface area contributed by atoms with E-state index in [1.165, 1.54) is 23.5 Å². The number of benzene rings is 2. The number of anilines is 1. The van der Waals surface area contributed by atoms with Crippen molar-refractivity contribution in [2.45, 2.75) is 11.3 Å². The Morgan fingerprint density at radius 2 is 1.94 bits per heavy atom. The summed E-state index contributed by atoms with van der Waals surface area (Å²) in [7, 11) is -0.234. The molecule has 2 aromatic carbocycles. The number of hydrogen-bond donors (Lipinski definition) is 2. The van der Waals surface area contributed by atoms with E-state index in [9.17, 15) is 13.2 Å². The summed E-state index contributed by atoms with van der Waals surface area (Å²) in [5.41, 5.74) is 3.20. The maximum absolute atomic E-state index is 12.2. The molecular formula is C21H22N6O3S2. The topological polar surface area (TPSA) is 123 Å². The minimum absolute atomic E-state index is 0.0585. The fourth-order valence-electron chi connectivity index (χ4n) is 3.14. The molecule has 0 atom stereocenters. The highest BCUT2D eigenvalue weighted by atomic mass is 32.2. The average molecular weight is 471 g/mol. The molecule has 0 spiro atoms. The number of nitrogens with one attached hydrogen (secondary N) is 1. The lowest BCUT2D eigenvalue weighted by Gasteiger charge is -2.10.